The topological polar surface area (TPSA) is 52.9 Å². The summed E-state index contributed by atoms with van der Waals surface area (Å²) in [6.45, 7) is 0. The lowest BCUT2D eigenvalue weighted by Gasteiger charge is -2.08. The molecular formula is C14H7Cl2FN2O. The molecule has 0 aromatic heterocycles. The number of carbonyl (C=O) groups excluding carboxylic acids is 1. The predicted molar refractivity (Wildman–Crippen MR) is 75.5 cm³/mol. The van der Waals surface area contributed by atoms with Gasteiger partial charge in [-0.1, -0.05) is 29.3 Å². The summed E-state index contributed by atoms with van der Waals surface area (Å²) in [5.41, 5.74) is 0.232. The van der Waals surface area contributed by atoms with Crippen LogP contribution in [0, 0.1) is 17.1 Å². The van der Waals surface area contributed by atoms with Crippen LogP contribution >= 0.6 is 23.2 Å². The van der Waals surface area contributed by atoms with E-state index in [0.29, 0.717) is 5.02 Å². The number of rotatable bonds is 2. The van der Waals surface area contributed by atoms with Gasteiger partial charge in [-0.15, -0.1) is 0 Å². The smallest absolute Gasteiger partial charge is 0.258 e. The van der Waals surface area contributed by atoms with Crippen LogP contribution in [0.1, 0.15) is 15.9 Å². The first-order valence-electron chi connectivity index (χ1n) is 5.48. The quantitative estimate of drug-likeness (QED) is 0.901. The van der Waals surface area contributed by atoms with Gasteiger partial charge in [0.2, 0.25) is 0 Å². The standard InChI is InChI=1S/C14H7Cl2FN2O/c15-9-5-4-8(7-18)12(6-9)19-14(20)10-2-1-3-11(16)13(10)17/h1-6H,(H,19,20). The number of nitrogens with zero attached hydrogens (tertiary/aromatic N) is 1. The molecule has 1 N–H and O–H groups in total. The van der Waals surface area contributed by atoms with Crippen molar-refractivity contribution in [2.45, 2.75) is 0 Å². The van der Waals surface area contributed by atoms with Gasteiger partial charge >= 0.3 is 0 Å². The second-order valence-electron chi connectivity index (χ2n) is 3.86. The average molecular weight is 309 g/mol. The summed E-state index contributed by atoms with van der Waals surface area (Å²) in [6.07, 6.45) is 0. The Morgan fingerprint density at radius 2 is 2.00 bits per heavy atom. The Kier molecular flexibility index (Phi) is 4.23. The molecule has 2 aromatic carbocycles. The van der Waals surface area contributed by atoms with Crippen LogP contribution < -0.4 is 5.32 Å². The van der Waals surface area contributed by atoms with Crippen LogP contribution in [0.4, 0.5) is 10.1 Å². The number of benzene rings is 2. The Morgan fingerprint density at radius 1 is 1.25 bits per heavy atom. The monoisotopic (exact) mass is 308 g/mol. The van der Waals surface area contributed by atoms with Gasteiger partial charge in [0.05, 0.1) is 21.8 Å². The largest absolute Gasteiger partial charge is 0.321 e. The van der Waals surface area contributed by atoms with Crippen molar-refractivity contribution in [3.8, 4) is 6.07 Å². The molecule has 0 unspecified atom stereocenters. The number of carbonyl (C=O) groups is 1. The number of hydrogen-bond acceptors (Lipinski definition) is 2. The summed E-state index contributed by atoms with van der Waals surface area (Å²) in [7, 11) is 0. The maximum Gasteiger partial charge on any atom is 0.258 e. The number of nitrogens with one attached hydrogen (secondary N) is 1. The fraction of sp³-hybridized carbons (Fsp3) is 0. The van der Waals surface area contributed by atoms with Crippen LogP contribution in [-0.4, -0.2) is 5.91 Å². The summed E-state index contributed by atoms with van der Waals surface area (Å²) in [6, 6.07) is 10.4. The van der Waals surface area contributed by atoms with Crippen molar-refractivity contribution in [1.29, 1.82) is 5.26 Å². The van der Waals surface area contributed by atoms with Crippen LogP contribution in [0.25, 0.3) is 0 Å². The van der Waals surface area contributed by atoms with Crippen LogP contribution in [-0.2, 0) is 0 Å². The molecule has 100 valence electrons. The van der Waals surface area contributed by atoms with Crippen molar-refractivity contribution in [3.63, 3.8) is 0 Å². The van der Waals surface area contributed by atoms with E-state index < -0.39 is 11.7 Å². The Balaban J connectivity index is 2.35. The molecule has 20 heavy (non-hydrogen) atoms. The van der Waals surface area contributed by atoms with Gasteiger partial charge in [-0.2, -0.15) is 5.26 Å². The van der Waals surface area contributed by atoms with Crippen molar-refractivity contribution in [3.05, 3.63) is 63.4 Å². The summed E-state index contributed by atoms with van der Waals surface area (Å²) in [4.78, 5) is 12.0. The molecule has 0 bridgehead atoms. The third-order valence-electron chi connectivity index (χ3n) is 2.55. The lowest BCUT2D eigenvalue weighted by molar-refractivity contribution is 0.102. The molecule has 0 saturated heterocycles. The molecule has 0 atom stereocenters. The molecule has 0 aliphatic carbocycles. The summed E-state index contributed by atoms with van der Waals surface area (Å²) in [5, 5.41) is 11.6. The minimum absolute atomic E-state index is 0.149. The molecule has 2 aromatic rings. The Morgan fingerprint density at radius 3 is 2.70 bits per heavy atom. The summed E-state index contributed by atoms with van der Waals surface area (Å²) >= 11 is 11.4. The van der Waals surface area contributed by atoms with Crippen molar-refractivity contribution in [2.75, 3.05) is 5.32 Å². The van der Waals surface area contributed by atoms with Crippen molar-refractivity contribution < 1.29 is 9.18 Å². The zero-order valence-electron chi connectivity index (χ0n) is 9.95. The summed E-state index contributed by atoms with van der Waals surface area (Å²) < 4.78 is 13.7. The lowest BCUT2D eigenvalue weighted by Crippen LogP contribution is -2.14. The zero-order valence-corrected chi connectivity index (χ0v) is 11.5. The third-order valence-corrected chi connectivity index (χ3v) is 3.07. The molecule has 1 amide bonds. The lowest BCUT2D eigenvalue weighted by atomic mass is 10.1. The van der Waals surface area contributed by atoms with Crippen LogP contribution in [0.2, 0.25) is 10.0 Å². The second kappa shape index (κ2) is 5.91. The van der Waals surface area contributed by atoms with Gasteiger partial charge in [-0.3, -0.25) is 4.79 Å². The van der Waals surface area contributed by atoms with E-state index in [1.165, 1.54) is 36.4 Å². The van der Waals surface area contributed by atoms with Gasteiger partial charge < -0.3 is 5.32 Å². The van der Waals surface area contributed by atoms with E-state index >= 15 is 0 Å². The highest BCUT2D eigenvalue weighted by atomic mass is 35.5. The van der Waals surface area contributed by atoms with Gasteiger partial charge in [0.15, 0.2) is 5.82 Å². The molecule has 6 heteroatoms. The molecule has 2 rings (SSSR count). The Labute approximate surface area is 124 Å². The fourth-order valence-corrected chi connectivity index (χ4v) is 1.93. The zero-order chi connectivity index (χ0) is 14.7. The SMILES string of the molecule is N#Cc1ccc(Cl)cc1NC(=O)c1cccc(Cl)c1F. The number of amides is 1. The van der Waals surface area contributed by atoms with E-state index in [-0.39, 0.29) is 21.8 Å². The third kappa shape index (κ3) is 2.90. The van der Waals surface area contributed by atoms with Crippen LogP contribution in [0.3, 0.4) is 0 Å². The van der Waals surface area contributed by atoms with E-state index in [1.807, 2.05) is 6.07 Å². The Hall–Kier alpha value is -2.09. The first-order chi connectivity index (χ1) is 9.52. The first-order valence-corrected chi connectivity index (χ1v) is 6.23. The normalized spacial score (nSPS) is 9.90. The highest BCUT2D eigenvalue weighted by Gasteiger charge is 2.15. The maximum atomic E-state index is 13.7. The molecule has 0 spiro atoms. The first kappa shape index (κ1) is 14.3. The molecule has 0 fully saturated rings. The minimum Gasteiger partial charge on any atom is -0.321 e. The van der Waals surface area contributed by atoms with E-state index in [9.17, 15) is 9.18 Å². The van der Waals surface area contributed by atoms with Crippen LogP contribution in [0.5, 0.6) is 0 Å². The van der Waals surface area contributed by atoms with Crippen molar-refractivity contribution in [2.24, 2.45) is 0 Å². The molecule has 0 saturated carbocycles. The molecule has 0 radical (unpaired) electrons. The fourth-order valence-electron chi connectivity index (χ4n) is 1.59. The number of halogens is 3. The van der Waals surface area contributed by atoms with Crippen molar-refractivity contribution in [1.82, 2.24) is 0 Å². The average Bonchev–Trinajstić information content (AvgIpc) is 2.42. The number of anilines is 1. The number of nitriles is 1. The molecule has 0 heterocycles. The van der Waals surface area contributed by atoms with Crippen LogP contribution in [0.15, 0.2) is 36.4 Å². The van der Waals surface area contributed by atoms with E-state index in [4.69, 9.17) is 28.5 Å². The van der Waals surface area contributed by atoms with Gasteiger partial charge in [-0.25, -0.2) is 4.39 Å². The van der Waals surface area contributed by atoms with Gasteiger partial charge in [0.1, 0.15) is 6.07 Å². The highest BCUT2D eigenvalue weighted by molar-refractivity contribution is 6.31. The summed E-state index contributed by atoms with van der Waals surface area (Å²) in [5.74, 6) is -1.52. The molecular weight excluding hydrogens is 302 g/mol. The van der Waals surface area contributed by atoms with Gasteiger partial charge in [0, 0.05) is 5.02 Å². The van der Waals surface area contributed by atoms with Gasteiger partial charge in [-0.05, 0) is 30.3 Å². The van der Waals surface area contributed by atoms with E-state index in [2.05, 4.69) is 5.32 Å². The maximum absolute atomic E-state index is 13.7. The van der Waals surface area contributed by atoms with E-state index in [1.54, 1.807) is 0 Å². The van der Waals surface area contributed by atoms with Crippen molar-refractivity contribution >= 4 is 34.8 Å². The number of hydrogen-bond donors (Lipinski definition) is 1. The second-order valence-corrected chi connectivity index (χ2v) is 4.70. The van der Waals surface area contributed by atoms with Gasteiger partial charge in [0.25, 0.3) is 5.91 Å². The van der Waals surface area contributed by atoms with E-state index in [0.717, 1.165) is 0 Å². The molecule has 3 nitrogen and oxygen atoms in total. The highest BCUT2D eigenvalue weighted by Crippen LogP contribution is 2.23. The predicted octanol–water partition coefficient (Wildman–Crippen LogP) is 4.26. The Bertz CT molecular complexity index is 726. The minimum atomic E-state index is -0.813. The molecule has 0 aliphatic heterocycles. The molecule has 0 aliphatic rings.